The van der Waals surface area contributed by atoms with Crippen LogP contribution in [0, 0.1) is 12.8 Å². The first-order valence-electron chi connectivity index (χ1n) is 5.53. The minimum absolute atomic E-state index is 0.418. The fraction of sp³-hybridized carbons (Fsp3) is 0.667. The molecule has 1 atom stereocenters. The van der Waals surface area contributed by atoms with Crippen molar-refractivity contribution in [3.8, 4) is 0 Å². The molecule has 1 nitrogen and oxygen atoms in total. The Morgan fingerprint density at radius 1 is 1.47 bits per heavy atom. The van der Waals surface area contributed by atoms with Crippen molar-refractivity contribution in [1.29, 1.82) is 0 Å². The lowest BCUT2D eigenvalue weighted by Crippen LogP contribution is -2.21. The summed E-state index contributed by atoms with van der Waals surface area (Å²) in [5.41, 5.74) is 1.20. The Morgan fingerprint density at radius 3 is 2.53 bits per heavy atom. The molecule has 0 saturated heterocycles. The number of nitrogens with one attached hydrogen (secondary N) is 1. The Kier molecular flexibility index (Phi) is 5.10. The second-order valence-electron chi connectivity index (χ2n) is 4.34. The molecule has 0 aliphatic heterocycles. The molecule has 86 valence electrons. The van der Waals surface area contributed by atoms with Crippen molar-refractivity contribution in [3.63, 3.8) is 0 Å². The van der Waals surface area contributed by atoms with Gasteiger partial charge in [-0.15, -0.1) is 11.3 Å². The highest BCUT2D eigenvalue weighted by Gasteiger charge is 2.18. The van der Waals surface area contributed by atoms with Crippen molar-refractivity contribution < 1.29 is 0 Å². The van der Waals surface area contributed by atoms with Crippen LogP contribution in [0.1, 0.15) is 43.7 Å². The van der Waals surface area contributed by atoms with Crippen LogP contribution in [0.4, 0.5) is 0 Å². The third kappa shape index (κ3) is 3.47. The second-order valence-corrected chi connectivity index (χ2v) is 5.63. The summed E-state index contributed by atoms with van der Waals surface area (Å²) < 4.78 is 0. The molecule has 0 radical (unpaired) electrons. The molecule has 0 bridgehead atoms. The van der Waals surface area contributed by atoms with E-state index in [9.17, 15) is 0 Å². The minimum atomic E-state index is 0.418. The predicted octanol–water partition coefficient (Wildman–Crippen LogP) is 4.41. The van der Waals surface area contributed by atoms with Gasteiger partial charge in [0.05, 0.1) is 5.02 Å². The number of hydrogen-bond donors (Lipinski definition) is 1. The Morgan fingerprint density at radius 2 is 2.13 bits per heavy atom. The van der Waals surface area contributed by atoms with E-state index < -0.39 is 0 Å². The van der Waals surface area contributed by atoms with Crippen molar-refractivity contribution in [2.45, 2.75) is 40.2 Å². The SMILES string of the molecule is CCNC(CC(C)C)c1scc(C)c1Cl. The first kappa shape index (κ1) is 13.0. The van der Waals surface area contributed by atoms with E-state index in [0.717, 1.165) is 18.0 Å². The van der Waals surface area contributed by atoms with E-state index in [2.05, 4.69) is 38.4 Å². The molecule has 0 aliphatic carbocycles. The van der Waals surface area contributed by atoms with E-state index in [4.69, 9.17) is 11.6 Å². The van der Waals surface area contributed by atoms with Crippen LogP contribution in [0.5, 0.6) is 0 Å². The Balaban J connectivity index is 2.83. The third-order valence-corrected chi connectivity index (χ3v) is 4.23. The predicted molar refractivity (Wildman–Crippen MR) is 69.9 cm³/mol. The number of rotatable bonds is 5. The largest absolute Gasteiger partial charge is 0.309 e. The fourth-order valence-corrected chi connectivity index (χ4v) is 3.10. The summed E-state index contributed by atoms with van der Waals surface area (Å²) in [5.74, 6) is 0.688. The number of thiophene rings is 1. The average Bonchev–Trinajstić information content (AvgIpc) is 2.46. The average molecular weight is 246 g/mol. The highest BCUT2D eigenvalue weighted by Crippen LogP contribution is 2.35. The summed E-state index contributed by atoms with van der Waals surface area (Å²) in [6.45, 7) is 9.70. The highest BCUT2D eigenvalue weighted by atomic mass is 35.5. The molecule has 1 unspecified atom stereocenters. The van der Waals surface area contributed by atoms with E-state index in [-0.39, 0.29) is 0 Å². The van der Waals surface area contributed by atoms with Crippen LogP contribution in [0.25, 0.3) is 0 Å². The molecule has 1 rings (SSSR count). The molecule has 0 amide bonds. The van der Waals surface area contributed by atoms with Crippen LogP contribution in [-0.4, -0.2) is 6.54 Å². The van der Waals surface area contributed by atoms with Gasteiger partial charge in [0.15, 0.2) is 0 Å². The van der Waals surface area contributed by atoms with Crippen LogP contribution in [-0.2, 0) is 0 Å². The molecule has 1 aromatic rings. The molecule has 1 N–H and O–H groups in total. The van der Waals surface area contributed by atoms with Crippen LogP contribution in [0.15, 0.2) is 5.38 Å². The van der Waals surface area contributed by atoms with Gasteiger partial charge < -0.3 is 5.32 Å². The van der Waals surface area contributed by atoms with Crippen molar-refractivity contribution >= 4 is 22.9 Å². The monoisotopic (exact) mass is 245 g/mol. The summed E-state index contributed by atoms with van der Waals surface area (Å²) in [6.07, 6.45) is 1.15. The number of aryl methyl sites for hydroxylation is 1. The molecule has 0 spiro atoms. The maximum absolute atomic E-state index is 6.29. The summed E-state index contributed by atoms with van der Waals surface area (Å²) in [6, 6.07) is 0.418. The second kappa shape index (κ2) is 5.88. The molecule has 0 fully saturated rings. The maximum Gasteiger partial charge on any atom is 0.0590 e. The van der Waals surface area contributed by atoms with Gasteiger partial charge in [0.25, 0.3) is 0 Å². The van der Waals surface area contributed by atoms with Gasteiger partial charge in [-0.05, 0) is 36.8 Å². The quantitative estimate of drug-likeness (QED) is 0.811. The fourth-order valence-electron chi connectivity index (χ4n) is 1.69. The molecule has 3 heteroatoms. The van der Waals surface area contributed by atoms with Gasteiger partial charge in [0.2, 0.25) is 0 Å². The van der Waals surface area contributed by atoms with Gasteiger partial charge in [-0.1, -0.05) is 32.4 Å². The van der Waals surface area contributed by atoms with Gasteiger partial charge >= 0.3 is 0 Å². The Hall–Kier alpha value is -0.0500. The van der Waals surface area contributed by atoms with E-state index in [1.54, 1.807) is 11.3 Å². The van der Waals surface area contributed by atoms with Gasteiger partial charge in [-0.3, -0.25) is 0 Å². The molecular weight excluding hydrogens is 226 g/mol. The van der Waals surface area contributed by atoms with Gasteiger partial charge in [0.1, 0.15) is 0 Å². The first-order chi connectivity index (χ1) is 7.06. The zero-order valence-electron chi connectivity index (χ0n) is 9.93. The van der Waals surface area contributed by atoms with Crippen molar-refractivity contribution in [2.75, 3.05) is 6.54 Å². The number of hydrogen-bond acceptors (Lipinski definition) is 2. The molecule has 1 heterocycles. The summed E-state index contributed by atoms with van der Waals surface area (Å²) in [5, 5.41) is 6.60. The standard InChI is InChI=1S/C12H20ClNS/c1-5-14-10(6-8(2)3)12-11(13)9(4)7-15-12/h7-8,10,14H,5-6H2,1-4H3. The summed E-state index contributed by atoms with van der Waals surface area (Å²) >= 11 is 8.06. The highest BCUT2D eigenvalue weighted by molar-refractivity contribution is 7.10. The molecule has 1 aromatic heterocycles. The summed E-state index contributed by atoms with van der Waals surface area (Å²) in [7, 11) is 0. The molecular formula is C12H20ClNS. The zero-order valence-corrected chi connectivity index (χ0v) is 11.5. The smallest absolute Gasteiger partial charge is 0.0590 e. The Labute approximate surface area is 102 Å². The van der Waals surface area contributed by atoms with Crippen molar-refractivity contribution in [3.05, 3.63) is 20.8 Å². The van der Waals surface area contributed by atoms with Crippen LogP contribution in [0.3, 0.4) is 0 Å². The van der Waals surface area contributed by atoms with Crippen LogP contribution < -0.4 is 5.32 Å². The normalized spacial score (nSPS) is 13.5. The molecule has 0 saturated carbocycles. The van der Waals surface area contributed by atoms with E-state index in [1.807, 2.05) is 0 Å². The van der Waals surface area contributed by atoms with Crippen molar-refractivity contribution in [1.82, 2.24) is 5.32 Å². The molecule has 0 aliphatic rings. The minimum Gasteiger partial charge on any atom is -0.309 e. The van der Waals surface area contributed by atoms with Crippen molar-refractivity contribution in [2.24, 2.45) is 5.92 Å². The van der Waals surface area contributed by atoms with E-state index in [0.29, 0.717) is 12.0 Å². The summed E-state index contributed by atoms with van der Waals surface area (Å²) in [4.78, 5) is 1.30. The maximum atomic E-state index is 6.29. The first-order valence-corrected chi connectivity index (χ1v) is 6.78. The van der Waals surface area contributed by atoms with Crippen LogP contribution >= 0.6 is 22.9 Å². The third-order valence-electron chi connectivity index (χ3n) is 2.40. The zero-order chi connectivity index (χ0) is 11.4. The number of halogens is 1. The lowest BCUT2D eigenvalue weighted by Gasteiger charge is -2.19. The van der Waals surface area contributed by atoms with E-state index >= 15 is 0 Å². The van der Waals surface area contributed by atoms with Gasteiger partial charge in [-0.2, -0.15) is 0 Å². The lowest BCUT2D eigenvalue weighted by atomic mass is 10.0. The molecule has 15 heavy (non-hydrogen) atoms. The van der Waals surface area contributed by atoms with Gasteiger partial charge in [0, 0.05) is 10.9 Å². The topological polar surface area (TPSA) is 12.0 Å². The lowest BCUT2D eigenvalue weighted by molar-refractivity contribution is 0.443. The van der Waals surface area contributed by atoms with Crippen LogP contribution in [0.2, 0.25) is 5.02 Å². The van der Waals surface area contributed by atoms with E-state index in [1.165, 1.54) is 10.4 Å². The molecule has 0 aromatic carbocycles. The Bertz CT molecular complexity index is 307. The van der Waals surface area contributed by atoms with Gasteiger partial charge in [-0.25, -0.2) is 0 Å².